The fraction of sp³-hybridized carbons (Fsp3) is 1.00. The molecule has 0 radical (unpaired) electrons. The first-order valence-corrected chi connectivity index (χ1v) is 6.37. The van der Waals surface area contributed by atoms with Crippen molar-refractivity contribution in [2.45, 2.75) is 26.4 Å². The number of nitrogens with zero attached hydrogens (tertiary/aromatic N) is 1. The fourth-order valence-electron chi connectivity index (χ4n) is 1.76. The van der Waals surface area contributed by atoms with E-state index in [0.29, 0.717) is 5.92 Å². The van der Waals surface area contributed by atoms with Gasteiger partial charge in [-0.3, -0.25) is 0 Å². The number of aliphatic hydroxyl groups excluding tert-OH is 1. The van der Waals surface area contributed by atoms with Crippen molar-refractivity contribution in [1.82, 2.24) is 4.90 Å². The summed E-state index contributed by atoms with van der Waals surface area (Å²) in [6.45, 7) is 7.69. The van der Waals surface area contributed by atoms with Crippen LogP contribution < -0.4 is 0 Å². The van der Waals surface area contributed by atoms with Crippen LogP contribution in [0, 0.1) is 5.92 Å². The van der Waals surface area contributed by atoms with Crippen molar-refractivity contribution in [3.63, 3.8) is 0 Å². The lowest BCUT2D eigenvalue weighted by Crippen LogP contribution is -2.42. The largest absolute Gasteiger partial charge is 0.393 e. The number of hydrogen-bond donors (Lipinski definition) is 1. The summed E-state index contributed by atoms with van der Waals surface area (Å²) >= 11 is 2.00. The van der Waals surface area contributed by atoms with E-state index in [9.17, 15) is 5.11 Å². The number of thioether (sulfide) groups is 1. The summed E-state index contributed by atoms with van der Waals surface area (Å²) < 4.78 is 0. The second-order valence-electron chi connectivity index (χ2n) is 3.83. The molecular formula is C10H21NOS. The van der Waals surface area contributed by atoms with Crippen molar-refractivity contribution in [1.29, 1.82) is 0 Å². The Hall–Kier alpha value is 0.270. The zero-order valence-corrected chi connectivity index (χ0v) is 9.52. The van der Waals surface area contributed by atoms with Gasteiger partial charge in [-0.15, -0.1) is 0 Å². The highest BCUT2D eigenvalue weighted by atomic mass is 32.2. The van der Waals surface area contributed by atoms with Gasteiger partial charge in [-0.05, 0) is 18.1 Å². The minimum Gasteiger partial charge on any atom is -0.393 e. The van der Waals surface area contributed by atoms with E-state index in [2.05, 4.69) is 18.7 Å². The summed E-state index contributed by atoms with van der Waals surface area (Å²) in [5.41, 5.74) is 0. The van der Waals surface area contributed by atoms with Crippen molar-refractivity contribution < 1.29 is 5.11 Å². The van der Waals surface area contributed by atoms with Gasteiger partial charge in [0.05, 0.1) is 6.10 Å². The number of aliphatic hydroxyl groups is 1. The summed E-state index contributed by atoms with van der Waals surface area (Å²) in [7, 11) is 0. The van der Waals surface area contributed by atoms with E-state index < -0.39 is 0 Å². The van der Waals surface area contributed by atoms with Crippen LogP contribution in [0.5, 0.6) is 0 Å². The molecule has 1 saturated heterocycles. The molecule has 2 unspecified atom stereocenters. The Balaban J connectivity index is 2.14. The van der Waals surface area contributed by atoms with Crippen molar-refractivity contribution >= 4 is 11.8 Å². The average Bonchev–Trinajstić information content (AvgIpc) is 2.12. The minimum atomic E-state index is -0.0601. The summed E-state index contributed by atoms with van der Waals surface area (Å²) in [5.74, 6) is 2.91. The maximum atomic E-state index is 9.54. The second-order valence-corrected chi connectivity index (χ2v) is 5.22. The third-order valence-corrected chi connectivity index (χ3v) is 3.58. The number of likely N-dealkylation sites (tertiary alicyclic amines) is 1. The third-order valence-electron chi connectivity index (χ3n) is 2.70. The van der Waals surface area contributed by atoms with E-state index in [1.54, 1.807) is 0 Å². The summed E-state index contributed by atoms with van der Waals surface area (Å²) in [6.07, 6.45) is 0.896. The Morgan fingerprint density at radius 2 is 2.31 bits per heavy atom. The summed E-state index contributed by atoms with van der Waals surface area (Å²) in [5, 5.41) is 9.54. The van der Waals surface area contributed by atoms with E-state index in [-0.39, 0.29) is 6.10 Å². The molecular weight excluding hydrogens is 182 g/mol. The predicted octanol–water partition coefficient (Wildman–Crippen LogP) is 1.44. The van der Waals surface area contributed by atoms with Crippen LogP contribution in [0.4, 0.5) is 0 Å². The molecule has 0 aromatic heterocycles. The van der Waals surface area contributed by atoms with E-state index in [1.807, 2.05) is 11.8 Å². The predicted molar refractivity (Wildman–Crippen MR) is 59.2 cm³/mol. The molecule has 1 fully saturated rings. The fourth-order valence-corrected chi connectivity index (χ4v) is 2.44. The Labute approximate surface area is 85.7 Å². The average molecular weight is 203 g/mol. The first-order chi connectivity index (χ1) is 6.24. The lowest BCUT2D eigenvalue weighted by atomic mass is 9.97. The van der Waals surface area contributed by atoms with Crippen molar-refractivity contribution in [2.24, 2.45) is 5.92 Å². The van der Waals surface area contributed by atoms with E-state index >= 15 is 0 Å². The van der Waals surface area contributed by atoms with E-state index in [0.717, 1.165) is 19.5 Å². The van der Waals surface area contributed by atoms with Gasteiger partial charge in [-0.25, -0.2) is 0 Å². The summed E-state index contributed by atoms with van der Waals surface area (Å²) in [4.78, 5) is 2.47. The third kappa shape index (κ3) is 3.88. The highest BCUT2D eigenvalue weighted by molar-refractivity contribution is 7.99. The van der Waals surface area contributed by atoms with Gasteiger partial charge in [0.15, 0.2) is 0 Å². The SMILES string of the molecule is CCSCCN1CCC(O)C(C)C1. The Kier molecular flexibility index (Phi) is 5.14. The van der Waals surface area contributed by atoms with Crippen LogP contribution in [0.2, 0.25) is 0 Å². The zero-order valence-electron chi connectivity index (χ0n) is 8.70. The number of rotatable bonds is 4. The van der Waals surface area contributed by atoms with Crippen LogP contribution in [0.25, 0.3) is 0 Å². The lowest BCUT2D eigenvalue weighted by Gasteiger charge is -2.34. The maximum absolute atomic E-state index is 9.54. The van der Waals surface area contributed by atoms with Crippen molar-refractivity contribution in [2.75, 3.05) is 31.1 Å². The van der Waals surface area contributed by atoms with Crippen LogP contribution in [-0.4, -0.2) is 47.3 Å². The van der Waals surface area contributed by atoms with Crippen LogP contribution in [0.1, 0.15) is 20.3 Å². The topological polar surface area (TPSA) is 23.5 Å². The first kappa shape index (κ1) is 11.3. The number of hydrogen-bond acceptors (Lipinski definition) is 3. The van der Waals surface area contributed by atoms with Gasteiger partial charge in [-0.2, -0.15) is 11.8 Å². The normalized spacial score (nSPS) is 30.7. The standard InChI is InChI=1S/C10H21NOS/c1-3-13-7-6-11-5-4-10(12)9(2)8-11/h9-10,12H,3-8H2,1-2H3. The zero-order chi connectivity index (χ0) is 9.68. The quantitative estimate of drug-likeness (QED) is 0.699. The molecule has 0 aromatic rings. The number of piperidine rings is 1. The van der Waals surface area contributed by atoms with Gasteiger partial charge in [0.25, 0.3) is 0 Å². The van der Waals surface area contributed by atoms with Crippen molar-refractivity contribution in [3.8, 4) is 0 Å². The molecule has 0 amide bonds. The van der Waals surface area contributed by atoms with E-state index in [4.69, 9.17) is 0 Å². The van der Waals surface area contributed by atoms with Crippen LogP contribution in [0.3, 0.4) is 0 Å². The molecule has 1 aliphatic heterocycles. The molecule has 1 rings (SSSR count). The molecule has 2 atom stereocenters. The Morgan fingerprint density at radius 1 is 1.54 bits per heavy atom. The molecule has 3 heteroatoms. The molecule has 0 saturated carbocycles. The first-order valence-electron chi connectivity index (χ1n) is 5.22. The molecule has 78 valence electrons. The molecule has 0 spiro atoms. The molecule has 1 N–H and O–H groups in total. The van der Waals surface area contributed by atoms with Crippen molar-refractivity contribution in [3.05, 3.63) is 0 Å². The maximum Gasteiger partial charge on any atom is 0.0590 e. The van der Waals surface area contributed by atoms with E-state index in [1.165, 1.54) is 18.1 Å². The van der Waals surface area contributed by atoms with Gasteiger partial charge >= 0.3 is 0 Å². The van der Waals surface area contributed by atoms with Crippen LogP contribution in [0.15, 0.2) is 0 Å². The molecule has 0 aromatic carbocycles. The van der Waals surface area contributed by atoms with Crippen LogP contribution in [-0.2, 0) is 0 Å². The van der Waals surface area contributed by atoms with Gasteiger partial charge in [-0.1, -0.05) is 13.8 Å². The van der Waals surface area contributed by atoms with Gasteiger partial charge in [0.2, 0.25) is 0 Å². The smallest absolute Gasteiger partial charge is 0.0590 e. The van der Waals surface area contributed by atoms with Crippen LogP contribution >= 0.6 is 11.8 Å². The molecule has 2 nitrogen and oxygen atoms in total. The molecule has 0 bridgehead atoms. The van der Waals surface area contributed by atoms with Gasteiger partial charge in [0.1, 0.15) is 0 Å². The highest BCUT2D eigenvalue weighted by Gasteiger charge is 2.23. The van der Waals surface area contributed by atoms with Gasteiger partial charge in [0, 0.05) is 25.4 Å². The molecule has 13 heavy (non-hydrogen) atoms. The molecule has 1 heterocycles. The van der Waals surface area contributed by atoms with Gasteiger partial charge < -0.3 is 10.0 Å². The monoisotopic (exact) mass is 203 g/mol. The molecule has 0 aliphatic carbocycles. The Morgan fingerprint density at radius 3 is 2.92 bits per heavy atom. The summed E-state index contributed by atoms with van der Waals surface area (Å²) in [6, 6.07) is 0. The Bertz CT molecular complexity index is 143. The second kappa shape index (κ2) is 5.89. The minimum absolute atomic E-state index is 0.0601. The highest BCUT2D eigenvalue weighted by Crippen LogP contribution is 2.16. The molecule has 1 aliphatic rings. The lowest BCUT2D eigenvalue weighted by molar-refractivity contribution is 0.0377.